The Balaban J connectivity index is 4.07. The van der Waals surface area contributed by atoms with Crippen molar-refractivity contribution in [3.8, 4) is 0 Å². The summed E-state index contributed by atoms with van der Waals surface area (Å²) in [7, 11) is 0. The topological polar surface area (TPSA) is 139 Å². The molecule has 0 rings (SSSR count). The fourth-order valence-corrected chi connectivity index (χ4v) is 2.01. The van der Waals surface area contributed by atoms with Gasteiger partial charge in [0.05, 0.1) is 19.3 Å². The number of unbranched alkanes of at least 4 members (excludes halogenated alkanes) is 1. The molecule has 0 aliphatic heterocycles. The van der Waals surface area contributed by atoms with Gasteiger partial charge in [0, 0.05) is 6.54 Å². The molecule has 0 aliphatic rings. The number of amides is 1. The molecule has 1 unspecified atom stereocenters. The third kappa shape index (κ3) is 9.07. The molecule has 0 saturated heterocycles. The average Bonchev–Trinajstić information content (AvgIpc) is 2.57. The summed E-state index contributed by atoms with van der Waals surface area (Å²) < 4.78 is 5.06. The van der Waals surface area contributed by atoms with Crippen molar-refractivity contribution in [2.45, 2.75) is 63.9 Å². The lowest BCUT2D eigenvalue weighted by Crippen LogP contribution is -2.49. The first-order chi connectivity index (χ1) is 10.9. The van der Waals surface area contributed by atoms with Crippen LogP contribution in [0.5, 0.6) is 0 Å². The molecule has 8 nitrogen and oxygen atoms in total. The van der Waals surface area contributed by atoms with Crippen LogP contribution in [0.15, 0.2) is 0 Å². The van der Waals surface area contributed by atoms with Gasteiger partial charge in [-0.25, -0.2) is 4.79 Å². The molecular formula is C15H31NO7. The molecule has 0 aromatic carbocycles. The van der Waals surface area contributed by atoms with E-state index in [0.717, 1.165) is 25.7 Å². The molecule has 0 fully saturated rings. The van der Waals surface area contributed by atoms with Crippen LogP contribution in [0, 0.1) is 5.92 Å². The molecule has 6 N–H and O–H groups in total. The molecule has 8 heteroatoms. The van der Waals surface area contributed by atoms with E-state index in [2.05, 4.69) is 12.2 Å². The van der Waals surface area contributed by atoms with Crippen LogP contribution in [0.3, 0.4) is 0 Å². The Bertz CT molecular complexity index is 316. The highest BCUT2D eigenvalue weighted by atomic mass is 16.5. The van der Waals surface area contributed by atoms with Gasteiger partial charge in [-0.2, -0.15) is 0 Å². The molecule has 138 valence electrons. The zero-order chi connectivity index (χ0) is 17.8. The van der Waals surface area contributed by atoms with Crippen molar-refractivity contribution in [1.29, 1.82) is 0 Å². The van der Waals surface area contributed by atoms with Crippen molar-refractivity contribution in [3.63, 3.8) is 0 Å². The van der Waals surface area contributed by atoms with Crippen LogP contribution in [0.2, 0.25) is 0 Å². The summed E-state index contributed by atoms with van der Waals surface area (Å²) in [6, 6.07) is 0. The average molecular weight is 337 g/mol. The second kappa shape index (κ2) is 12.5. The van der Waals surface area contributed by atoms with Gasteiger partial charge in [0.2, 0.25) is 0 Å². The van der Waals surface area contributed by atoms with E-state index in [0.29, 0.717) is 0 Å². The number of carbonyl (C=O) groups is 1. The van der Waals surface area contributed by atoms with Crippen LogP contribution in [0.4, 0.5) is 4.79 Å². The fraction of sp³-hybridized carbons (Fsp3) is 0.933. The quantitative estimate of drug-likeness (QED) is 0.278. The fourth-order valence-electron chi connectivity index (χ4n) is 2.01. The molecule has 0 radical (unpaired) electrons. The lowest BCUT2D eigenvalue weighted by molar-refractivity contribution is -0.113. The van der Waals surface area contributed by atoms with Crippen molar-refractivity contribution < 1.29 is 35.1 Å². The third-order valence-electron chi connectivity index (χ3n) is 3.77. The third-order valence-corrected chi connectivity index (χ3v) is 3.77. The summed E-state index contributed by atoms with van der Waals surface area (Å²) >= 11 is 0. The minimum atomic E-state index is -1.72. The van der Waals surface area contributed by atoms with Gasteiger partial charge in [0.25, 0.3) is 0 Å². The molecule has 0 aromatic heterocycles. The van der Waals surface area contributed by atoms with E-state index >= 15 is 0 Å². The Hall–Kier alpha value is -0.930. The largest absolute Gasteiger partial charge is 0.449 e. The maximum absolute atomic E-state index is 11.5. The van der Waals surface area contributed by atoms with Gasteiger partial charge in [-0.05, 0) is 12.3 Å². The smallest absolute Gasteiger partial charge is 0.407 e. The standard InChI is InChI=1S/C15H31NO7/c1-3-5-6-10(4-2)9-23-15(22)16-7-11(18)13(20)14(21)12(19)8-17/h10-14,17-21H,3-9H2,1-2H3,(H,16,22)/t10?,11-,12+,13+,14+/m0/s1. The first-order valence-electron chi connectivity index (χ1n) is 8.10. The first-order valence-corrected chi connectivity index (χ1v) is 8.10. The summed E-state index contributed by atoms with van der Waals surface area (Å²) in [5.41, 5.74) is 0. The van der Waals surface area contributed by atoms with Crippen LogP contribution in [0.25, 0.3) is 0 Å². The Morgan fingerprint density at radius 1 is 1.09 bits per heavy atom. The zero-order valence-electron chi connectivity index (χ0n) is 13.9. The number of rotatable bonds is 12. The SMILES string of the molecule is CCCCC(CC)COC(=O)NC[C@H](O)[C@@H](O)[C@H](O)[C@H](O)CO. The van der Waals surface area contributed by atoms with Crippen LogP contribution in [-0.4, -0.2) is 75.8 Å². The van der Waals surface area contributed by atoms with Crippen LogP contribution in [0.1, 0.15) is 39.5 Å². The summed E-state index contributed by atoms with van der Waals surface area (Å²) in [6.45, 7) is 3.30. The molecule has 0 aliphatic carbocycles. The number of hydrogen-bond acceptors (Lipinski definition) is 7. The molecule has 5 atom stereocenters. The van der Waals surface area contributed by atoms with Gasteiger partial charge >= 0.3 is 6.09 Å². The van der Waals surface area contributed by atoms with Crippen molar-refractivity contribution in [2.24, 2.45) is 5.92 Å². The second-order valence-corrected chi connectivity index (χ2v) is 5.69. The summed E-state index contributed by atoms with van der Waals surface area (Å²) in [5, 5.41) is 48.8. The second-order valence-electron chi connectivity index (χ2n) is 5.69. The van der Waals surface area contributed by atoms with Crippen LogP contribution in [-0.2, 0) is 4.74 Å². The van der Waals surface area contributed by atoms with Crippen molar-refractivity contribution in [3.05, 3.63) is 0 Å². The van der Waals surface area contributed by atoms with Crippen LogP contribution < -0.4 is 5.32 Å². The molecule has 0 saturated carbocycles. The minimum Gasteiger partial charge on any atom is -0.449 e. The lowest BCUT2D eigenvalue weighted by Gasteiger charge is -2.25. The van der Waals surface area contributed by atoms with Gasteiger partial charge in [0.15, 0.2) is 0 Å². The summed E-state index contributed by atoms with van der Waals surface area (Å²) in [6.07, 6.45) is -3.18. The normalized spacial score (nSPS) is 17.9. The number of ether oxygens (including phenoxy) is 1. The maximum atomic E-state index is 11.5. The van der Waals surface area contributed by atoms with Gasteiger partial charge in [-0.15, -0.1) is 0 Å². The number of aliphatic hydroxyl groups excluding tert-OH is 5. The van der Waals surface area contributed by atoms with E-state index in [1.807, 2.05) is 6.92 Å². The predicted molar refractivity (Wildman–Crippen MR) is 83.8 cm³/mol. The van der Waals surface area contributed by atoms with E-state index in [1.165, 1.54) is 0 Å². The Morgan fingerprint density at radius 2 is 1.70 bits per heavy atom. The summed E-state index contributed by atoms with van der Waals surface area (Å²) in [4.78, 5) is 11.5. The number of nitrogens with one attached hydrogen (secondary N) is 1. The van der Waals surface area contributed by atoms with Crippen molar-refractivity contribution >= 4 is 6.09 Å². The Labute approximate surface area is 137 Å². The lowest BCUT2D eigenvalue weighted by atomic mass is 10.0. The highest BCUT2D eigenvalue weighted by Gasteiger charge is 2.30. The predicted octanol–water partition coefficient (Wildman–Crippen LogP) is -0.635. The molecule has 1 amide bonds. The molecule has 0 aromatic rings. The van der Waals surface area contributed by atoms with Gasteiger partial charge in [0.1, 0.15) is 18.3 Å². The molecular weight excluding hydrogens is 306 g/mol. The number of hydrogen-bond donors (Lipinski definition) is 6. The molecule has 23 heavy (non-hydrogen) atoms. The molecule has 0 heterocycles. The van der Waals surface area contributed by atoms with E-state index in [4.69, 9.17) is 9.84 Å². The monoisotopic (exact) mass is 337 g/mol. The zero-order valence-corrected chi connectivity index (χ0v) is 13.9. The Morgan fingerprint density at radius 3 is 2.22 bits per heavy atom. The van der Waals surface area contributed by atoms with Crippen LogP contribution >= 0.6 is 0 Å². The van der Waals surface area contributed by atoms with Gasteiger partial charge in [-0.3, -0.25) is 0 Å². The molecule has 0 spiro atoms. The van der Waals surface area contributed by atoms with Crippen molar-refractivity contribution in [1.82, 2.24) is 5.32 Å². The number of carbonyl (C=O) groups excluding carboxylic acids is 1. The van der Waals surface area contributed by atoms with E-state index < -0.39 is 37.1 Å². The van der Waals surface area contributed by atoms with E-state index in [1.54, 1.807) is 0 Å². The maximum Gasteiger partial charge on any atom is 0.407 e. The minimum absolute atomic E-state index is 0.285. The summed E-state index contributed by atoms with van der Waals surface area (Å²) in [5.74, 6) is 0.290. The highest BCUT2D eigenvalue weighted by Crippen LogP contribution is 2.12. The highest BCUT2D eigenvalue weighted by molar-refractivity contribution is 5.67. The molecule has 0 bridgehead atoms. The van der Waals surface area contributed by atoms with Gasteiger partial charge in [-0.1, -0.05) is 33.1 Å². The van der Waals surface area contributed by atoms with Crippen molar-refractivity contribution in [2.75, 3.05) is 19.8 Å². The number of aliphatic hydroxyl groups is 5. The van der Waals surface area contributed by atoms with Gasteiger partial charge < -0.3 is 35.6 Å². The Kier molecular flexibility index (Phi) is 12.0. The van der Waals surface area contributed by atoms with E-state index in [9.17, 15) is 25.2 Å². The van der Waals surface area contributed by atoms with E-state index in [-0.39, 0.29) is 19.1 Å². The first kappa shape index (κ1) is 22.1. The number of alkyl carbamates (subject to hydrolysis) is 1.